The van der Waals surface area contributed by atoms with Gasteiger partial charge in [-0.25, -0.2) is 0 Å². The number of amidine groups is 1. The summed E-state index contributed by atoms with van der Waals surface area (Å²) in [5, 5.41) is 0. The van der Waals surface area contributed by atoms with Crippen molar-refractivity contribution in [3.63, 3.8) is 0 Å². The second-order valence-corrected chi connectivity index (χ2v) is 3.66. The summed E-state index contributed by atoms with van der Waals surface area (Å²) in [6, 6.07) is 0.430. The first-order valence-electron chi connectivity index (χ1n) is 3.78. The number of likely N-dealkylation sites (N-methyl/N-ethyl adjacent to an activating group) is 1. The zero-order chi connectivity index (χ0) is 7.94. The number of rotatable bonds is 1. The van der Waals surface area contributed by atoms with Gasteiger partial charge in [0.2, 0.25) is 0 Å². The summed E-state index contributed by atoms with van der Waals surface area (Å²) in [7, 11) is 2.08. The molecule has 2 nitrogen and oxygen atoms in total. The van der Waals surface area contributed by atoms with Gasteiger partial charge in [-0.1, -0.05) is 0 Å². The number of nitrogens with zero attached hydrogens (tertiary/aromatic N) is 2. The molecule has 1 rings (SSSR count). The van der Waals surface area contributed by atoms with E-state index in [2.05, 4.69) is 44.6 Å². The Balaban J connectivity index is 2.64. The van der Waals surface area contributed by atoms with Crippen LogP contribution in [-0.2, 0) is 0 Å². The topological polar surface area (TPSA) is 15.4 Å². The van der Waals surface area contributed by atoms with Crippen molar-refractivity contribution in [2.75, 3.05) is 7.05 Å². The molecule has 0 aliphatic carbocycles. The molecule has 2 heteroatoms. The summed E-state index contributed by atoms with van der Waals surface area (Å²) >= 11 is 0. The maximum atomic E-state index is 4.47. The van der Waals surface area contributed by atoms with Crippen LogP contribution in [0.15, 0.2) is 4.99 Å². The molecule has 1 heterocycles. The van der Waals surface area contributed by atoms with E-state index in [0.29, 0.717) is 6.04 Å². The van der Waals surface area contributed by atoms with Gasteiger partial charge in [-0.05, 0) is 27.7 Å². The van der Waals surface area contributed by atoms with Crippen molar-refractivity contribution in [3.05, 3.63) is 0 Å². The van der Waals surface area contributed by atoms with Gasteiger partial charge in [-0.2, -0.15) is 0 Å². The highest BCUT2D eigenvalue weighted by Gasteiger charge is 2.48. The van der Waals surface area contributed by atoms with Gasteiger partial charge in [-0.3, -0.25) is 4.99 Å². The highest BCUT2D eigenvalue weighted by molar-refractivity contribution is 6.05. The zero-order valence-corrected chi connectivity index (χ0v) is 7.47. The van der Waals surface area contributed by atoms with Gasteiger partial charge in [0.1, 0.15) is 5.84 Å². The summed E-state index contributed by atoms with van der Waals surface area (Å²) in [6.07, 6.45) is 0. The zero-order valence-electron chi connectivity index (χ0n) is 7.47. The second-order valence-electron chi connectivity index (χ2n) is 3.66. The summed E-state index contributed by atoms with van der Waals surface area (Å²) < 4.78 is 0. The van der Waals surface area contributed by atoms with Gasteiger partial charge >= 0.3 is 0 Å². The third kappa shape index (κ3) is 1.02. The lowest BCUT2D eigenvalue weighted by Crippen LogP contribution is -2.03. The lowest BCUT2D eigenvalue weighted by molar-refractivity contribution is 0.535. The van der Waals surface area contributed by atoms with Crippen molar-refractivity contribution in [1.29, 1.82) is 0 Å². The van der Waals surface area contributed by atoms with E-state index >= 15 is 0 Å². The van der Waals surface area contributed by atoms with E-state index < -0.39 is 0 Å². The van der Waals surface area contributed by atoms with Crippen molar-refractivity contribution in [2.24, 2.45) is 4.99 Å². The van der Waals surface area contributed by atoms with Gasteiger partial charge in [0.05, 0.1) is 5.54 Å². The van der Waals surface area contributed by atoms with Gasteiger partial charge in [-0.15, -0.1) is 0 Å². The van der Waals surface area contributed by atoms with Crippen LogP contribution in [0.4, 0.5) is 0 Å². The van der Waals surface area contributed by atoms with Gasteiger partial charge in [0.25, 0.3) is 0 Å². The summed E-state index contributed by atoms with van der Waals surface area (Å²) in [5.74, 6) is 1.24. The van der Waals surface area contributed by atoms with E-state index in [0.717, 1.165) is 0 Å². The molecule has 1 aliphatic rings. The van der Waals surface area contributed by atoms with Crippen LogP contribution in [0.2, 0.25) is 0 Å². The Bertz CT molecular complexity index is 168. The highest BCUT2D eigenvalue weighted by atomic mass is 15.4. The fraction of sp³-hybridized carbons (Fsp3) is 0.875. The molecule has 0 amide bonds. The Morgan fingerprint density at radius 1 is 1.40 bits per heavy atom. The Kier molecular flexibility index (Phi) is 1.50. The molecule has 0 unspecified atom stereocenters. The predicted molar refractivity (Wildman–Crippen MR) is 44.4 cm³/mol. The van der Waals surface area contributed by atoms with Crippen LogP contribution in [0.3, 0.4) is 0 Å². The fourth-order valence-electron chi connectivity index (χ4n) is 1.05. The second kappa shape index (κ2) is 1.97. The van der Waals surface area contributed by atoms with Crippen molar-refractivity contribution < 1.29 is 0 Å². The van der Waals surface area contributed by atoms with Gasteiger partial charge in [0, 0.05) is 13.1 Å². The Hall–Kier alpha value is -0.530. The molecule has 0 aromatic heterocycles. The van der Waals surface area contributed by atoms with Crippen LogP contribution in [-0.4, -0.2) is 29.4 Å². The number of hydrogen-bond acceptors (Lipinski definition) is 1. The van der Waals surface area contributed by atoms with E-state index in [9.17, 15) is 0 Å². The lowest BCUT2D eigenvalue weighted by atomic mass is 10.2. The van der Waals surface area contributed by atoms with E-state index in [1.165, 1.54) is 5.84 Å². The first-order valence-corrected chi connectivity index (χ1v) is 3.78. The molecule has 1 aliphatic heterocycles. The molecule has 0 radical (unpaired) electrons. The van der Waals surface area contributed by atoms with E-state index in [-0.39, 0.29) is 5.54 Å². The molecule has 0 bridgehead atoms. The average molecular weight is 140 g/mol. The first-order chi connectivity index (χ1) is 4.46. The molecule has 1 fully saturated rings. The summed E-state index contributed by atoms with van der Waals surface area (Å²) in [5.41, 5.74) is 0.240. The molecule has 0 aromatic carbocycles. The van der Waals surface area contributed by atoms with Crippen molar-refractivity contribution in [2.45, 2.75) is 39.3 Å². The van der Waals surface area contributed by atoms with Crippen molar-refractivity contribution >= 4 is 5.84 Å². The Labute approximate surface area is 62.9 Å². The predicted octanol–water partition coefficient (Wildman–Crippen LogP) is 1.52. The quantitative estimate of drug-likeness (QED) is 0.504. The molecule has 58 valence electrons. The molecular weight excluding hydrogens is 124 g/mol. The molecule has 0 aromatic rings. The van der Waals surface area contributed by atoms with Gasteiger partial charge in [0.15, 0.2) is 0 Å². The van der Waals surface area contributed by atoms with Crippen LogP contribution in [0.5, 0.6) is 0 Å². The minimum atomic E-state index is 0.240. The maximum Gasteiger partial charge on any atom is 0.125 e. The van der Waals surface area contributed by atoms with Gasteiger partial charge < -0.3 is 4.90 Å². The standard InChI is InChI=1S/C8H16N2/c1-6(2)9-7-8(3,4)10(7)5/h6H,1-5H3. The maximum absolute atomic E-state index is 4.47. The van der Waals surface area contributed by atoms with Crippen molar-refractivity contribution in [3.8, 4) is 0 Å². The number of hydrogen-bond donors (Lipinski definition) is 0. The molecular formula is C8H16N2. The lowest BCUT2D eigenvalue weighted by Gasteiger charge is -1.92. The fourth-order valence-corrected chi connectivity index (χ4v) is 1.05. The van der Waals surface area contributed by atoms with Crippen molar-refractivity contribution in [1.82, 2.24) is 4.90 Å². The minimum absolute atomic E-state index is 0.240. The molecule has 0 N–H and O–H groups in total. The number of aliphatic imine (C=N–C) groups is 1. The van der Waals surface area contributed by atoms with E-state index in [1.54, 1.807) is 0 Å². The molecule has 10 heavy (non-hydrogen) atoms. The van der Waals surface area contributed by atoms with Crippen LogP contribution >= 0.6 is 0 Å². The summed E-state index contributed by atoms with van der Waals surface area (Å²) in [6.45, 7) is 8.59. The minimum Gasteiger partial charge on any atom is -0.349 e. The third-order valence-electron chi connectivity index (χ3n) is 2.03. The third-order valence-corrected chi connectivity index (χ3v) is 2.03. The normalized spacial score (nSPS) is 26.2. The van der Waals surface area contributed by atoms with Crippen LogP contribution < -0.4 is 0 Å². The van der Waals surface area contributed by atoms with E-state index in [1.807, 2.05) is 0 Å². The average Bonchev–Trinajstić information content (AvgIpc) is 2.17. The molecule has 1 saturated heterocycles. The molecule has 0 spiro atoms. The van der Waals surface area contributed by atoms with E-state index in [4.69, 9.17) is 0 Å². The molecule has 0 saturated carbocycles. The Morgan fingerprint density at radius 2 is 1.80 bits per heavy atom. The monoisotopic (exact) mass is 140 g/mol. The highest BCUT2D eigenvalue weighted by Crippen LogP contribution is 2.32. The molecule has 0 atom stereocenters. The smallest absolute Gasteiger partial charge is 0.125 e. The van der Waals surface area contributed by atoms with Crippen LogP contribution in [0, 0.1) is 0 Å². The largest absolute Gasteiger partial charge is 0.349 e. The summed E-state index contributed by atoms with van der Waals surface area (Å²) in [4.78, 5) is 6.67. The Morgan fingerprint density at radius 3 is 1.90 bits per heavy atom. The van der Waals surface area contributed by atoms with Crippen LogP contribution in [0.1, 0.15) is 27.7 Å². The first kappa shape index (κ1) is 7.58. The SMILES string of the molecule is CC(C)N=C1N(C)C1(C)C. The van der Waals surface area contributed by atoms with Crippen LogP contribution in [0.25, 0.3) is 0 Å².